The summed E-state index contributed by atoms with van der Waals surface area (Å²) < 4.78 is 29.0. The third-order valence-corrected chi connectivity index (χ3v) is 4.75. The fourth-order valence-corrected chi connectivity index (χ4v) is 3.30. The summed E-state index contributed by atoms with van der Waals surface area (Å²) in [6.07, 6.45) is 0. The van der Waals surface area contributed by atoms with E-state index in [1.165, 1.54) is 12.1 Å². The van der Waals surface area contributed by atoms with Gasteiger partial charge < -0.3 is 9.84 Å². The highest BCUT2D eigenvalue weighted by Crippen LogP contribution is 2.30. The lowest BCUT2D eigenvalue weighted by atomic mass is 10.1. The van der Waals surface area contributed by atoms with Gasteiger partial charge in [-0.1, -0.05) is 17.7 Å². The van der Waals surface area contributed by atoms with Gasteiger partial charge in [-0.25, -0.2) is 8.42 Å². The number of carbonyl (C=O) groups is 1. The lowest BCUT2D eigenvalue weighted by Gasteiger charge is -2.32. The molecular weight excluding hydrogens is 244 g/mol. The zero-order valence-electron chi connectivity index (χ0n) is 9.16. The molecule has 92 valence electrons. The smallest absolute Gasteiger partial charge is 0.312 e. The summed E-state index contributed by atoms with van der Waals surface area (Å²) in [5, 5.41) is 8.81. The first kappa shape index (κ1) is 12.1. The third kappa shape index (κ3) is 2.05. The highest BCUT2D eigenvalue weighted by atomic mass is 32.2. The standard InChI is InChI=1S/C11H12O5S/c1-7-2-4-8(5-3-7)17(14,15)11-9(6-16-11)10(12)13/h2-5,9,11H,6H2,1H3,(H,12,13). The quantitative estimate of drug-likeness (QED) is 0.866. The molecule has 0 saturated carbocycles. The van der Waals surface area contributed by atoms with Crippen LogP contribution in [-0.4, -0.2) is 31.5 Å². The summed E-state index contributed by atoms with van der Waals surface area (Å²) in [7, 11) is -3.72. The number of carboxylic acids is 1. The predicted molar refractivity (Wildman–Crippen MR) is 59.2 cm³/mol. The number of carboxylic acid groups (broad SMARTS) is 1. The zero-order valence-corrected chi connectivity index (χ0v) is 9.98. The number of ether oxygens (including phenoxy) is 1. The van der Waals surface area contributed by atoms with Gasteiger partial charge in [0.05, 0.1) is 11.5 Å². The van der Waals surface area contributed by atoms with Crippen molar-refractivity contribution in [2.45, 2.75) is 17.3 Å². The Kier molecular flexibility index (Phi) is 2.92. The maximum atomic E-state index is 12.1. The van der Waals surface area contributed by atoms with Gasteiger partial charge in [0.25, 0.3) is 0 Å². The normalized spacial score (nSPS) is 24.1. The monoisotopic (exact) mass is 256 g/mol. The van der Waals surface area contributed by atoms with Gasteiger partial charge in [0.15, 0.2) is 5.44 Å². The minimum atomic E-state index is -3.72. The van der Waals surface area contributed by atoms with Crippen molar-refractivity contribution >= 4 is 15.8 Å². The Balaban J connectivity index is 2.31. The number of benzene rings is 1. The first-order valence-electron chi connectivity index (χ1n) is 5.08. The van der Waals surface area contributed by atoms with E-state index in [0.29, 0.717) is 0 Å². The Bertz CT molecular complexity index is 531. The molecule has 0 spiro atoms. The van der Waals surface area contributed by atoms with Gasteiger partial charge in [0.1, 0.15) is 5.92 Å². The largest absolute Gasteiger partial charge is 0.481 e. The minimum absolute atomic E-state index is 0.0505. The van der Waals surface area contributed by atoms with Crippen LogP contribution in [0.3, 0.4) is 0 Å². The zero-order chi connectivity index (χ0) is 12.6. The molecule has 5 nitrogen and oxygen atoms in total. The topological polar surface area (TPSA) is 80.7 Å². The summed E-state index contributed by atoms with van der Waals surface area (Å²) in [5.41, 5.74) is -0.323. The Labute approximate surface area is 98.9 Å². The van der Waals surface area contributed by atoms with Gasteiger partial charge in [-0.2, -0.15) is 0 Å². The van der Waals surface area contributed by atoms with Crippen molar-refractivity contribution in [2.75, 3.05) is 6.61 Å². The Morgan fingerprint density at radius 3 is 2.35 bits per heavy atom. The second-order valence-electron chi connectivity index (χ2n) is 4.00. The van der Waals surface area contributed by atoms with E-state index >= 15 is 0 Å². The van der Waals surface area contributed by atoms with E-state index in [0.717, 1.165) is 5.56 Å². The molecule has 1 aliphatic rings. The highest BCUT2D eigenvalue weighted by Gasteiger charge is 2.47. The molecule has 0 amide bonds. The summed E-state index contributed by atoms with van der Waals surface area (Å²) in [6, 6.07) is 6.26. The lowest BCUT2D eigenvalue weighted by molar-refractivity contribution is -0.161. The van der Waals surface area contributed by atoms with E-state index in [1.54, 1.807) is 12.1 Å². The lowest BCUT2D eigenvalue weighted by Crippen LogP contribution is -2.49. The number of rotatable bonds is 3. The number of hydrogen-bond acceptors (Lipinski definition) is 4. The summed E-state index contributed by atoms with van der Waals surface area (Å²) >= 11 is 0. The molecule has 17 heavy (non-hydrogen) atoms. The predicted octanol–water partition coefficient (Wildman–Crippen LogP) is 0.826. The molecule has 1 aliphatic heterocycles. The Morgan fingerprint density at radius 2 is 1.94 bits per heavy atom. The van der Waals surface area contributed by atoms with Crippen LogP contribution in [0.25, 0.3) is 0 Å². The van der Waals surface area contributed by atoms with Crippen molar-refractivity contribution in [3.8, 4) is 0 Å². The number of aryl methyl sites for hydroxylation is 1. The number of sulfone groups is 1. The maximum Gasteiger partial charge on any atom is 0.312 e. The Hall–Kier alpha value is -1.40. The van der Waals surface area contributed by atoms with E-state index in [9.17, 15) is 13.2 Å². The number of aliphatic carboxylic acids is 1. The molecule has 1 saturated heterocycles. The molecule has 6 heteroatoms. The molecule has 0 radical (unpaired) electrons. The van der Waals surface area contributed by atoms with Crippen molar-refractivity contribution in [3.05, 3.63) is 29.8 Å². The van der Waals surface area contributed by atoms with Gasteiger partial charge in [-0.05, 0) is 19.1 Å². The van der Waals surface area contributed by atoms with Crippen molar-refractivity contribution in [2.24, 2.45) is 5.92 Å². The van der Waals surface area contributed by atoms with E-state index in [1.807, 2.05) is 6.92 Å². The molecular formula is C11H12O5S. The van der Waals surface area contributed by atoms with E-state index in [4.69, 9.17) is 9.84 Å². The van der Waals surface area contributed by atoms with Crippen LogP contribution in [0, 0.1) is 12.8 Å². The van der Waals surface area contributed by atoms with Crippen LogP contribution in [-0.2, 0) is 19.4 Å². The molecule has 2 rings (SSSR count). The summed E-state index contributed by atoms with van der Waals surface area (Å²) in [6.45, 7) is 1.79. The van der Waals surface area contributed by atoms with Gasteiger partial charge in [0.2, 0.25) is 9.84 Å². The molecule has 1 heterocycles. The average Bonchev–Trinajstić information content (AvgIpc) is 2.14. The summed E-state index contributed by atoms with van der Waals surface area (Å²) in [5.74, 6) is -2.11. The second kappa shape index (κ2) is 4.12. The summed E-state index contributed by atoms with van der Waals surface area (Å²) in [4.78, 5) is 10.9. The molecule has 2 unspecified atom stereocenters. The second-order valence-corrected chi connectivity index (χ2v) is 6.03. The van der Waals surface area contributed by atoms with Crippen LogP contribution in [0.2, 0.25) is 0 Å². The Morgan fingerprint density at radius 1 is 1.35 bits per heavy atom. The van der Waals surface area contributed by atoms with Crippen LogP contribution >= 0.6 is 0 Å². The molecule has 2 atom stereocenters. The highest BCUT2D eigenvalue weighted by molar-refractivity contribution is 7.92. The number of hydrogen-bond donors (Lipinski definition) is 1. The van der Waals surface area contributed by atoms with Crippen molar-refractivity contribution in [1.29, 1.82) is 0 Å². The average molecular weight is 256 g/mol. The van der Waals surface area contributed by atoms with Gasteiger partial charge in [-0.3, -0.25) is 4.79 Å². The molecule has 1 aromatic rings. The van der Waals surface area contributed by atoms with E-state index in [2.05, 4.69) is 0 Å². The molecule has 1 N–H and O–H groups in total. The fraction of sp³-hybridized carbons (Fsp3) is 0.364. The van der Waals surface area contributed by atoms with Crippen LogP contribution in [0.15, 0.2) is 29.2 Å². The van der Waals surface area contributed by atoms with Crippen molar-refractivity contribution in [1.82, 2.24) is 0 Å². The van der Waals surface area contributed by atoms with E-state index in [-0.39, 0.29) is 11.5 Å². The fourth-order valence-electron chi connectivity index (χ4n) is 1.63. The van der Waals surface area contributed by atoms with Gasteiger partial charge in [-0.15, -0.1) is 0 Å². The molecule has 0 aliphatic carbocycles. The first-order chi connectivity index (χ1) is 7.93. The van der Waals surface area contributed by atoms with Crippen LogP contribution in [0.1, 0.15) is 5.56 Å². The SMILES string of the molecule is Cc1ccc(S(=O)(=O)C2OCC2C(=O)O)cc1. The third-order valence-electron chi connectivity index (χ3n) is 2.74. The molecule has 1 fully saturated rings. The minimum Gasteiger partial charge on any atom is -0.481 e. The maximum absolute atomic E-state index is 12.1. The van der Waals surface area contributed by atoms with E-state index < -0.39 is 27.2 Å². The van der Waals surface area contributed by atoms with Crippen LogP contribution in [0.4, 0.5) is 0 Å². The van der Waals surface area contributed by atoms with Gasteiger partial charge >= 0.3 is 5.97 Å². The van der Waals surface area contributed by atoms with Gasteiger partial charge in [0, 0.05) is 0 Å². The molecule has 0 bridgehead atoms. The van der Waals surface area contributed by atoms with Crippen molar-refractivity contribution < 1.29 is 23.1 Å². The molecule has 0 aromatic heterocycles. The van der Waals surface area contributed by atoms with Crippen molar-refractivity contribution in [3.63, 3.8) is 0 Å². The molecule has 1 aromatic carbocycles. The van der Waals surface area contributed by atoms with Crippen LogP contribution < -0.4 is 0 Å². The first-order valence-corrected chi connectivity index (χ1v) is 6.62. The van der Waals surface area contributed by atoms with Crippen LogP contribution in [0.5, 0.6) is 0 Å².